The number of hydrogen-bond acceptors (Lipinski definition) is 4. The molecule has 0 aliphatic rings. The Hall–Kier alpha value is -2.56. The van der Waals surface area contributed by atoms with Gasteiger partial charge in [0.1, 0.15) is 5.69 Å². The molecule has 1 amide bonds. The van der Waals surface area contributed by atoms with Crippen molar-refractivity contribution in [2.45, 2.75) is 0 Å². The third-order valence-electron chi connectivity index (χ3n) is 2.58. The maximum absolute atomic E-state index is 11.1. The molecule has 5 nitrogen and oxygen atoms in total. The van der Waals surface area contributed by atoms with Gasteiger partial charge in [-0.05, 0) is 24.3 Å². The molecule has 0 radical (unpaired) electrons. The van der Waals surface area contributed by atoms with E-state index in [4.69, 9.17) is 5.73 Å². The summed E-state index contributed by atoms with van der Waals surface area (Å²) in [7, 11) is 0. The van der Waals surface area contributed by atoms with E-state index < -0.39 is 5.91 Å². The van der Waals surface area contributed by atoms with Gasteiger partial charge in [-0.25, -0.2) is 4.98 Å². The summed E-state index contributed by atoms with van der Waals surface area (Å²) >= 11 is 0. The molecular weight excluding hydrogens is 216 g/mol. The molecule has 0 aliphatic heterocycles. The molecule has 1 aromatic carbocycles. The van der Waals surface area contributed by atoms with Crippen LogP contribution in [0.25, 0.3) is 21.8 Å². The number of rotatable bonds is 1. The Morgan fingerprint density at radius 3 is 2.94 bits per heavy atom. The second kappa shape index (κ2) is 3.48. The molecule has 0 saturated heterocycles. The number of aromatic nitrogens is 3. The van der Waals surface area contributed by atoms with Crippen LogP contribution >= 0.6 is 0 Å². The molecule has 17 heavy (non-hydrogen) atoms. The second-order valence-corrected chi connectivity index (χ2v) is 3.67. The molecule has 0 bridgehead atoms. The first-order valence-corrected chi connectivity index (χ1v) is 5.07. The van der Waals surface area contributed by atoms with Crippen molar-refractivity contribution in [3.8, 4) is 0 Å². The van der Waals surface area contributed by atoms with Gasteiger partial charge in [-0.2, -0.15) is 10.2 Å². The summed E-state index contributed by atoms with van der Waals surface area (Å²) in [6, 6.07) is 9.03. The number of nitrogens with two attached hydrogens (primary N) is 1. The first-order chi connectivity index (χ1) is 8.25. The first kappa shape index (κ1) is 9.65. The molecule has 5 heteroatoms. The normalized spacial score (nSPS) is 10.8. The average Bonchev–Trinajstić information content (AvgIpc) is 2.61. The van der Waals surface area contributed by atoms with Crippen LogP contribution in [-0.4, -0.2) is 21.1 Å². The van der Waals surface area contributed by atoms with E-state index in [1.165, 1.54) is 0 Å². The molecule has 0 unspecified atom stereocenters. The highest BCUT2D eigenvalue weighted by Crippen LogP contribution is 2.23. The number of primary amides is 1. The number of hydrogen-bond donors (Lipinski definition) is 1. The van der Waals surface area contributed by atoms with E-state index in [1.54, 1.807) is 18.3 Å². The van der Waals surface area contributed by atoms with Gasteiger partial charge < -0.3 is 5.73 Å². The minimum Gasteiger partial charge on any atom is -0.364 e. The third-order valence-corrected chi connectivity index (χ3v) is 2.58. The molecule has 82 valence electrons. The van der Waals surface area contributed by atoms with Crippen LogP contribution in [0.5, 0.6) is 0 Å². The quantitative estimate of drug-likeness (QED) is 0.675. The monoisotopic (exact) mass is 224 g/mol. The van der Waals surface area contributed by atoms with Crippen molar-refractivity contribution >= 4 is 27.7 Å². The third kappa shape index (κ3) is 1.48. The predicted molar refractivity (Wildman–Crippen MR) is 63.4 cm³/mol. The van der Waals surface area contributed by atoms with Gasteiger partial charge in [0.2, 0.25) is 0 Å². The fourth-order valence-corrected chi connectivity index (χ4v) is 1.81. The lowest BCUT2D eigenvalue weighted by Crippen LogP contribution is -2.10. The minimum atomic E-state index is -0.527. The lowest BCUT2D eigenvalue weighted by atomic mass is 10.1. The largest absolute Gasteiger partial charge is 0.364 e. The molecule has 3 aromatic rings. The Morgan fingerprint density at radius 2 is 2.12 bits per heavy atom. The van der Waals surface area contributed by atoms with Crippen molar-refractivity contribution < 1.29 is 4.79 Å². The van der Waals surface area contributed by atoms with Crippen LogP contribution in [0.15, 0.2) is 36.5 Å². The van der Waals surface area contributed by atoms with Crippen molar-refractivity contribution in [1.82, 2.24) is 15.2 Å². The van der Waals surface area contributed by atoms with E-state index >= 15 is 0 Å². The van der Waals surface area contributed by atoms with Gasteiger partial charge in [0, 0.05) is 17.0 Å². The number of nitrogens with zero attached hydrogens (tertiary/aromatic N) is 3. The summed E-state index contributed by atoms with van der Waals surface area (Å²) in [4.78, 5) is 15.3. The summed E-state index contributed by atoms with van der Waals surface area (Å²) in [5, 5.41) is 9.62. The second-order valence-electron chi connectivity index (χ2n) is 3.67. The van der Waals surface area contributed by atoms with Gasteiger partial charge in [-0.3, -0.25) is 4.79 Å². The van der Waals surface area contributed by atoms with Crippen molar-refractivity contribution in [3.05, 3.63) is 42.2 Å². The van der Waals surface area contributed by atoms with Gasteiger partial charge in [0.15, 0.2) is 0 Å². The average molecular weight is 224 g/mol. The van der Waals surface area contributed by atoms with Crippen molar-refractivity contribution in [2.24, 2.45) is 5.73 Å². The van der Waals surface area contributed by atoms with E-state index in [9.17, 15) is 4.79 Å². The van der Waals surface area contributed by atoms with E-state index in [-0.39, 0.29) is 5.69 Å². The molecule has 2 N–H and O–H groups in total. The zero-order valence-corrected chi connectivity index (χ0v) is 8.79. The van der Waals surface area contributed by atoms with Crippen LogP contribution < -0.4 is 5.73 Å². The van der Waals surface area contributed by atoms with E-state index in [0.717, 1.165) is 21.8 Å². The van der Waals surface area contributed by atoms with Crippen molar-refractivity contribution in [1.29, 1.82) is 0 Å². The number of fused-ring (bicyclic) bond motifs is 3. The Morgan fingerprint density at radius 1 is 1.24 bits per heavy atom. The van der Waals surface area contributed by atoms with E-state index in [1.807, 2.05) is 18.2 Å². The lowest BCUT2D eigenvalue weighted by molar-refractivity contribution is 0.0996. The van der Waals surface area contributed by atoms with Crippen LogP contribution in [0.3, 0.4) is 0 Å². The summed E-state index contributed by atoms with van der Waals surface area (Å²) in [6.07, 6.45) is 1.60. The highest BCUT2D eigenvalue weighted by molar-refractivity contribution is 6.07. The topological polar surface area (TPSA) is 81.8 Å². The van der Waals surface area contributed by atoms with E-state index in [0.29, 0.717) is 0 Å². The highest BCUT2D eigenvalue weighted by Gasteiger charge is 2.09. The van der Waals surface area contributed by atoms with Crippen LogP contribution in [0.4, 0.5) is 0 Å². The number of carbonyl (C=O) groups excluding carboxylic acids is 1. The maximum atomic E-state index is 11.1. The standard InChI is InChI=1S/C12H8N4O/c13-12(17)10-6-7-3-4-9-8(11(7)15-10)2-1-5-14-16-9/h1-6H,(H2,13,17). The lowest BCUT2D eigenvalue weighted by Gasteiger charge is -1.92. The summed E-state index contributed by atoms with van der Waals surface area (Å²) in [5.41, 5.74) is 6.94. The smallest absolute Gasteiger partial charge is 0.267 e. The molecule has 0 aliphatic carbocycles. The molecule has 0 spiro atoms. The summed E-state index contributed by atoms with van der Waals surface area (Å²) in [6.45, 7) is 0. The van der Waals surface area contributed by atoms with Gasteiger partial charge in [0.05, 0.1) is 11.0 Å². The Bertz CT molecular complexity index is 739. The molecule has 0 saturated carbocycles. The molecule has 2 heterocycles. The molecule has 0 fully saturated rings. The van der Waals surface area contributed by atoms with Crippen LogP contribution in [-0.2, 0) is 0 Å². The van der Waals surface area contributed by atoms with Gasteiger partial charge in [-0.15, -0.1) is 0 Å². The molecule has 0 atom stereocenters. The molecular formula is C12H8N4O. The number of carbonyl (C=O) groups is 1. The van der Waals surface area contributed by atoms with Crippen molar-refractivity contribution in [2.75, 3.05) is 0 Å². The van der Waals surface area contributed by atoms with Crippen LogP contribution in [0.2, 0.25) is 0 Å². The fraction of sp³-hybridized carbons (Fsp3) is 0. The molecule has 3 rings (SSSR count). The Labute approximate surface area is 96.3 Å². The number of benzene rings is 1. The van der Waals surface area contributed by atoms with Crippen LogP contribution in [0, 0.1) is 0 Å². The van der Waals surface area contributed by atoms with Gasteiger partial charge in [0.25, 0.3) is 5.91 Å². The predicted octanol–water partition coefficient (Wildman–Crippen LogP) is 1.28. The van der Waals surface area contributed by atoms with Crippen LogP contribution in [0.1, 0.15) is 10.5 Å². The first-order valence-electron chi connectivity index (χ1n) is 5.07. The SMILES string of the molecule is NC(=O)c1cc2ccc3nncccc3c2n1. The van der Waals surface area contributed by atoms with E-state index in [2.05, 4.69) is 15.2 Å². The zero-order valence-electron chi connectivity index (χ0n) is 8.79. The fourth-order valence-electron chi connectivity index (χ4n) is 1.81. The zero-order chi connectivity index (χ0) is 11.8. The minimum absolute atomic E-state index is 0.270. The Kier molecular flexibility index (Phi) is 1.98. The maximum Gasteiger partial charge on any atom is 0.267 e. The van der Waals surface area contributed by atoms with Gasteiger partial charge >= 0.3 is 0 Å². The summed E-state index contributed by atoms with van der Waals surface area (Å²) in [5.74, 6) is -0.527. The summed E-state index contributed by atoms with van der Waals surface area (Å²) < 4.78 is 0. The molecule has 2 aromatic heterocycles. The number of amides is 1. The highest BCUT2D eigenvalue weighted by atomic mass is 16.1. The Balaban J connectivity index is 2.47. The van der Waals surface area contributed by atoms with Gasteiger partial charge in [-0.1, -0.05) is 6.07 Å². The van der Waals surface area contributed by atoms with Crippen molar-refractivity contribution in [3.63, 3.8) is 0 Å².